The van der Waals surface area contributed by atoms with Crippen molar-refractivity contribution in [2.24, 2.45) is 10.9 Å². The number of likely N-dealkylation sites (tertiary alicyclic amines) is 1. The van der Waals surface area contributed by atoms with Crippen molar-refractivity contribution in [3.05, 3.63) is 22.4 Å². The Labute approximate surface area is 191 Å². The van der Waals surface area contributed by atoms with E-state index in [9.17, 15) is 0 Å². The summed E-state index contributed by atoms with van der Waals surface area (Å²) >= 11 is 1.83. The summed E-state index contributed by atoms with van der Waals surface area (Å²) in [5, 5.41) is 9.28. The molecule has 0 aliphatic carbocycles. The molecule has 2 atom stereocenters. The molecule has 0 spiro atoms. The number of halogens is 1. The van der Waals surface area contributed by atoms with E-state index in [1.54, 1.807) is 0 Å². The van der Waals surface area contributed by atoms with Crippen LogP contribution in [0.3, 0.4) is 0 Å². The van der Waals surface area contributed by atoms with Crippen LogP contribution in [0, 0.1) is 5.92 Å². The standard InChI is InChI=1S/C20H35N5OS.HI/c1-3-7-24-8-6-17(16-24)14-22-20(21-2)23-15-18(19-5-4-13-27-19)25-9-11-26-12-10-25;/h4-5,13,17-18H,3,6-12,14-16H2,1-2H3,(H2,21,22,23);1H. The van der Waals surface area contributed by atoms with E-state index in [2.05, 4.69) is 49.9 Å². The minimum absolute atomic E-state index is 0. The van der Waals surface area contributed by atoms with E-state index in [4.69, 9.17) is 4.74 Å². The van der Waals surface area contributed by atoms with Crippen LogP contribution in [0.1, 0.15) is 30.7 Å². The lowest BCUT2D eigenvalue weighted by molar-refractivity contribution is 0.0177. The topological polar surface area (TPSA) is 52.1 Å². The number of ether oxygens (including phenoxy) is 1. The normalized spacial score (nSPS) is 22.6. The van der Waals surface area contributed by atoms with Gasteiger partial charge in [0.05, 0.1) is 19.3 Å². The fourth-order valence-corrected chi connectivity index (χ4v) is 4.89. The van der Waals surface area contributed by atoms with Crippen molar-refractivity contribution in [2.45, 2.75) is 25.8 Å². The Balaban J connectivity index is 0.00000280. The van der Waals surface area contributed by atoms with E-state index in [0.29, 0.717) is 6.04 Å². The lowest BCUT2D eigenvalue weighted by Gasteiger charge is -2.34. The molecule has 1 aromatic heterocycles. The Morgan fingerprint density at radius 1 is 1.32 bits per heavy atom. The van der Waals surface area contributed by atoms with Gasteiger partial charge in [0.2, 0.25) is 0 Å². The van der Waals surface area contributed by atoms with Crippen LogP contribution in [0.15, 0.2) is 22.5 Å². The maximum absolute atomic E-state index is 5.54. The molecule has 2 N–H and O–H groups in total. The Morgan fingerprint density at radius 2 is 2.14 bits per heavy atom. The summed E-state index contributed by atoms with van der Waals surface area (Å²) in [6.45, 7) is 11.4. The van der Waals surface area contributed by atoms with Crippen LogP contribution in [0.25, 0.3) is 0 Å². The molecule has 28 heavy (non-hydrogen) atoms. The lowest BCUT2D eigenvalue weighted by Crippen LogP contribution is -2.46. The van der Waals surface area contributed by atoms with Crippen molar-refractivity contribution in [1.29, 1.82) is 0 Å². The first kappa shape index (κ1) is 23.9. The van der Waals surface area contributed by atoms with Gasteiger partial charge in [0.15, 0.2) is 5.96 Å². The molecule has 0 bridgehead atoms. The predicted molar refractivity (Wildman–Crippen MR) is 129 cm³/mol. The summed E-state index contributed by atoms with van der Waals surface area (Å²) in [5.41, 5.74) is 0. The number of guanidine groups is 1. The van der Waals surface area contributed by atoms with E-state index >= 15 is 0 Å². The minimum Gasteiger partial charge on any atom is -0.379 e. The third-order valence-electron chi connectivity index (χ3n) is 5.51. The maximum atomic E-state index is 5.54. The molecule has 0 saturated carbocycles. The summed E-state index contributed by atoms with van der Waals surface area (Å²) in [5.74, 6) is 1.64. The number of nitrogens with zero attached hydrogens (tertiary/aromatic N) is 3. The summed E-state index contributed by atoms with van der Waals surface area (Å²) in [4.78, 5) is 11.0. The highest BCUT2D eigenvalue weighted by Gasteiger charge is 2.24. The van der Waals surface area contributed by atoms with E-state index < -0.39 is 0 Å². The summed E-state index contributed by atoms with van der Waals surface area (Å²) in [6, 6.07) is 4.76. The molecular weight excluding hydrogens is 485 g/mol. The Hall–Kier alpha value is -0.420. The van der Waals surface area contributed by atoms with Gasteiger partial charge >= 0.3 is 0 Å². The van der Waals surface area contributed by atoms with Crippen LogP contribution in [-0.2, 0) is 4.74 Å². The molecule has 0 amide bonds. The summed E-state index contributed by atoms with van der Waals surface area (Å²) in [7, 11) is 1.86. The molecule has 2 aliphatic rings. The lowest BCUT2D eigenvalue weighted by atomic mass is 10.1. The number of thiophene rings is 1. The number of hydrogen-bond acceptors (Lipinski definition) is 5. The first-order valence-corrected chi connectivity index (χ1v) is 11.2. The highest BCUT2D eigenvalue weighted by Crippen LogP contribution is 2.25. The van der Waals surface area contributed by atoms with Gasteiger partial charge in [0.25, 0.3) is 0 Å². The third-order valence-corrected chi connectivity index (χ3v) is 6.49. The molecule has 3 rings (SSSR count). The van der Waals surface area contributed by atoms with Gasteiger partial charge in [-0.25, -0.2) is 0 Å². The summed E-state index contributed by atoms with van der Waals surface area (Å²) < 4.78 is 5.54. The number of aliphatic imine (C=N–C) groups is 1. The Bertz CT molecular complexity index is 565. The molecule has 2 saturated heterocycles. The van der Waals surface area contributed by atoms with Crippen molar-refractivity contribution >= 4 is 41.3 Å². The molecule has 3 heterocycles. The molecule has 1 aromatic rings. The summed E-state index contributed by atoms with van der Waals surface area (Å²) in [6.07, 6.45) is 2.53. The van der Waals surface area contributed by atoms with Crippen LogP contribution in [0.4, 0.5) is 0 Å². The van der Waals surface area contributed by atoms with E-state index in [1.807, 2.05) is 18.4 Å². The average Bonchev–Trinajstić information content (AvgIpc) is 3.38. The zero-order chi connectivity index (χ0) is 18.9. The zero-order valence-electron chi connectivity index (χ0n) is 17.2. The number of morpholine rings is 1. The third kappa shape index (κ3) is 7.12. The number of nitrogens with one attached hydrogen (secondary N) is 2. The van der Waals surface area contributed by atoms with E-state index in [0.717, 1.165) is 51.3 Å². The molecule has 2 fully saturated rings. The second-order valence-corrected chi connectivity index (χ2v) is 8.45. The van der Waals surface area contributed by atoms with Crippen molar-refractivity contribution < 1.29 is 4.74 Å². The van der Waals surface area contributed by atoms with Gasteiger partial charge in [0, 0.05) is 44.6 Å². The van der Waals surface area contributed by atoms with Crippen molar-refractivity contribution in [1.82, 2.24) is 20.4 Å². The Kier molecular flexibility index (Phi) is 11.1. The number of hydrogen-bond donors (Lipinski definition) is 2. The fraction of sp³-hybridized carbons (Fsp3) is 0.750. The predicted octanol–water partition coefficient (Wildman–Crippen LogP) is 2.64. The molecule has 160 valence electrons. The molecule has 2 aliphatic heterocycles. The molecule has 0 radical (unpaired) electrons. The SMILES string of the molecule is CCCN1CCC(CNC(=NC)NCC(c2cccs2)N2CCOCC2)C1.I. The van der Waals surface area contributed by atoms with Gasteiger partial charge in [-0.1, -0.05) is 13.0 Å². The second kappa shape index (κ2) is 13.0. The second-order valence-electron chi connectivity index (χ2n) is 7.47. The van der Waals surface area contributed by atoms with Gasteiger partial charge in [-0.3, -0.25) is 9.89 Å². The maximum Gasteiger partial charge on any atom is 0.191 e. The van der Waals surface area contributed by atoms with Gasteiger partial charge in [0.1, 0.15) is 0 Å². The van der Waals surface area contributed by atoms with Crippen LogP contribution in [0.5, 0.6) is 0 Å². The largest absolute Gasteiger partial charge is 0.379 e. The first-order valence-electron chi connectivity index (χ1n) is 10.3. The van der Waals surface area contributed by atoms with Gasteiger partial charge in [-0.15, -0.1) is 35.3 Å². The van der Waals surface area contributed by atoms with Crippen molar-refractivity contribution in [2.75, 3.05) is 66.1 Å². The highest BCUT2D eigenvalue weighted by molar-refractivity contribution is 14.0. The molecule has 2 unspecified atom stereocenters. The van der Waals surface area contributed by atoms with E-state index in [-0.39, 0.29) is 24.0 Å². The minimum atomic E-state index is 0. The van der Waals surface area contributed by atoms with Gasteiger partial charge in [-0.05, 0) is 43.3 Å². The number of rotatable bonds is 8. The van der Waals surface area contributed by atoms with Crippen LogP contribution < -0.4 is 10.6 Å². The molecule has 6 nitrogen and oxygen atoms in total. The van der Waals surface area contributed by atoms with Crippen LogP contribution in [0.2, 0.25) is 0 Å². The average molecular weight is 522 g/mol. The fourth-order valence-electron chi connectivity index (χ4n) is 4.03. The van der Waals surface area contributed by atoms with Crippen LogP contribution >= 0.6 is 35.3 Å². The van der Waals surface area contributed by atoms with E-state index in [1.165, 1.54) is 37.4 Å². The zero-order valence-corrected chi connectivity index (χ0v) is 20.4. The first-order chi connectivity index (χ1) is 13.3. The molecule has 0 aromatic carbocycles. The highest BCUT2D eigenvalue weighted by atomic mass is 127. The van der Waals surface area contributed by atoms with Crippen molar-refractivity contribution in [3.8, 4) is 0 Å². The van der Waals surface area contributed by atoms with Gasteiger partial charge < -0.3 is 20.3 Å². The monoisotopic (exact) mass is 521 g/mol. The molecule has 8 heteroatoms. The smallest absolute Gasteiger partial charge is 0.191 e. The quantitative estimate of drug-likeness (QED) is 0.313. The van der Waals surface area contributed by atoms with Crippen molar-refractivity contribution in [3.63, 3.8) is 0 Å². The van der Waals surface area contributed by atoms with Gasteiger partial charge in [-0.2, -0.15) is 0 Å². The van der Waals surface area contributed by atoms with Crippen LogP contribution in [-0.4, -0.2) is 81.8 Å². The molecular formula is C20H36IN5OS. The Morgan fingerprint density at radius 3 is 2.82 bits per heavy atom.